The van der Waals surface area contributed by atoms with Crippen LogP contribution in [0.3, 0.4) is 0 Å². The monoisotopic (exact) mass is 344 g/mol. The van der Waals surface area contributed by atoms with E-state index < -0.39 is 10.0 Å². The van der Waals surface area contributed by atoms with Crippen molar-refractivity contribution < 1.29 is 8.42 Å². The lowest BCUT2D eigenvalue weighted by molar-refractivity contribution is 0.316. The van der Waals surface area contributed by atoms with Gasteiger partial charge in [0.05, 0.1) is 5.02 Å². The molecule has 0 aromatic heterocycles. The molecule has 2 rings (SSSR count). The van der Waals surface area contributed by atoms with E-state index in [1.165, 1.54) is 16.4 Å². The molecule has 1 aliphatic rings. The summed E-state index contributed by atoms with van der Waals surface area (Å²) in [6.07, 6.45) is 1.61. The molecule has 1 fully saturated rings. The highest BCUT2D eigenvalue weighted by Crippen LogP contribution is 2.28. The smallest absolute Gasteiger partial charge is 0.244 e. The molecule has 0 radical (unpaired) electrons. The van der Waals surface area contributed by atoms with Crippen LogP contribution in [-0.4, -0.2) is 31.9 Å². The Bertz CT molecular complexity index is 551. The summed E-state index contributed by atoms with van der Waals surface area (Å²) < 4.78 is 26.2. The Labute approximate surface area is 129 Å². The van der Waals surface area contributed by atoms with E-state index >= 15 is 0 Å². The molecule has 108 valence electrons. The summed E-state index contributed by atoms with van der Waals surface area (Å²) in [6, 6.07) is 4.30. The Morgan fingerprint density at radius 1 is 1.32 bits per heavy atom. The Kier molecular flexibility index (Phi) is 5.92. The summed E-state index contributed by atoms with van der Waals surface area (Å²) in [5.41, 5.74) is 5.80. The highest BCUT2D eigenvalue weighted by Gasteiger charge is 2.30. The fraction of sp³-hybridized carbons (Fsp3) is 0.455. The molecular weight excluding hydrogens is 331 g/mol. The topological polar surface area (TPSA) is 63.4 Å². The van der Waals surface area contributed by atoms with Gasteiger partial charge in [-0.05, 0) is 31.0 Å². The zero-order valence-electron chi connectivity index (χ0n) is 10.1. The molecule has 19 heavy (non-hydrogen) atoms. The van der Waals surface area contributed by atoms with Gasteiger partial charge in [0.2, 0.25) is 10.0 Å². The van der Waals surface area contributed by atoms with Crippen molar-refractivity contribution >= 4 is 45.6 Å². The van der Waals surface area contributed by atoms with Gasteiger partial charge in [0.25, 0.3) is 0 Å². The van der Waals surface area contributed by atoms with E-state index in [9.17, 15) is 8.42 Å². The average molecular weight is 346 g/mol. The number of hydrogen-bond donors (Lipinski definition) is 1. The van der Waals surface area contributed by atoms with E-state index in [-0.39, 0.29) is 28.4 Å². The fourth-order valence-electron chi connectivity index (χ4n) is 2.01. The van der Waals surface area contributed by atoms with E-state index in [4.69, 9.17) is 28.9 Å². The molecule has 1 aliphatic heterocycles. The van der Waals surface area contributed by atoms with E-state index in [1.54, 1.807) is 6.07 Å². The molecule has 2 N–H and O–H groups in total. The van der Waals surface area contributed by atoms with Gasteiger partial charge >= 0.3 is 0 Å². The van der Waals surface area contributed by atoms with Gasteiger partial charge in [0, 0.05) is 24.2 Å². The van der Waals surface area contributed by atoms with Crippen LogP contribution >= 0.6 is 35.6 Å². The zero-order chi connectivity index (χ0) is 13.3. The minimum absolute atomic E-state index is 0. The first-order valence-electron chi connectivity index (χ1n) is 5.62. The third kappa shape index (κ3) is 3.74. The Morgan fingerprint density at radius 3 is 2.63 bits per heavy atom. The van der Waals surface area contributed by atoms with Crippen LogP contribution < -0.4 is 5.73 Å². The van der Waals surface area contributed by atoms with Crippen molar-refractivity contribution in [3.05, 3.63) is 28.2 Å². The third-order valence-electron chi connectivity index (χ3n) is 2.93. The van der Waals surface area contributed by atoms with Gasteiger partial charge in [-0.3, -0.25) is 0 Å². The lowest BCUT2D eigenvalue weighted by atomic mass is 10.1. The summed E-state index contributed by atoms with van der Waals surface area (Å²) in [6.45, 7) is 0.796. The first-order chi connectivity index (χ1) is 8.41. The van der Waals surface area contributed by atoms with E-state index in [1.807, 2.05) is 0 Å². The van der Waals surface area contributed by atoms with Crippen molar-refractivity contribution in [1.29, 1.82) is 0 Å². The standard InChI is InChI=1S/C11H14Cl2N2O2S.ClH/c12-8-3-4-10(13)11(6-8)18(16,17)15-5-1-2-9(14)7-15;/h3-4,6,9H,1-2,5,7,14H2;1H. The van der Waals surface area contributed by atoms with Crippen molar-refractivity contribution in [2.75, 3.05) is 13.1 Å². The molecule has 0 amide bonds. The van der Waals surface area contributed by atoms with Crippen LogP contribution in [0.5, 0.6) is 0 Å². The Morgan fingerprint density at radius 2 is 2.00 bits per heavy atom. The molecule has 0 bridgehead atoms. The van der Waals surface area contributed by atoms with Crippen LogP contribution in [0.15, 0.2) is 23.1 Å². The van der Waals surface area contributed by atoms with E-state index in [0.717, 1.165) is 12.8 Å². The summed E-state index contributed by atoms with van der Waals surface area (Å²) in [5, 5.41) is 0.526. The second-order valence-corrected chi connectivity index (χ2v) is 7.09. The number of sulfonamides is 1. The highest BCUT2D eigenvalue weighted by atomic mass is 35.5. The summed E-state index contributed by atoms with van der Waals surface area (Å²) in [7, 11) is -3.61. The quantitative estimate of drug-likeness (QED) is 0.896. The molecule has 1 unspecified atom stereocenters. The van der Waals surface area contributed by atoms with Crippen molar-refractivity contribution in [2.24, 2.45) is 5.73 Å². The number of rotatable bonds is 2. The van der Waals surface area contributed by atoms with Crippen LogP contribution in [-0.2, 0) is 10.0 Å². The van der Waals surface area contributed by atoms with Crippen LogP contribution in [0.2, 0.25) is 10.0 Å². The molecule has 0 saturated carbocycles. The number of nitrogens with two attached hydrogens (primary N) is 1. The van der Waals surface area contributed by atoms with Crippen LogP contribution in [0.25, 0.3) is 0 Å². The molecule has 0 aliphatic carbocycles. The van der Waals surface area contributed by atoms with Gasteiger partial charge in [-0.2, -0.15) is 4.31 Å². The van der Waals surface area contributed by atoms with Crippen molar-refractivity contribution in [1.82, 2.24) is 4.31 Å². The SMILES string of the molecule is Cl.NC1CCCN(S(=O)(=O)c2cc(Cl)ccc2Cl)C1. The lowest BCUT2D eigenvalue weighted by Crippen LogP contribution is -2.45. The Balaban J connectivity index is 0.00000180. The Hall–Kier alpha value is -0.0400. The maximum Gasteiger partial charge on any atom is 0.244 e. The molecule has 1 aromatic rings. The van der Waals surface area contributed by atoms with Gasteiger partial charge in [-0.25, -0.2) is 8.42 Å². The molecule has 0 spiro atoms. The fourth-order valence-corrected chi connectivity index (χ4v) is 4.28. The van der Waals surface area contributed by atoms with Gasteiger partial charge in [0.15, 0.2) is 0 Å². The number of halogens is 3. The average Bonchev–Trinajstić information content (AvgIpc) is 2.32. The predicted molar refractivity (Wildman–Crippen MR) is 79.7 cm³/mol. The van der Waals surface area contributed by atoms with Gasteiger partial charge in [-0.15, -0.1) is 12.4 Å². The maximum atomic E-state index is 12.4. The lowest BCUT2D eigenvalue weighted by Gasteiger charge is -2.30. The first kappa shape index (κ1) is 17.0. The van der Waals surface area contributed by atoms with E-state index in [0.29, 0.717) is 18.1 Å². The molecular formula is C11H15Cl3N2O2S. The third-order valence-corrected chi connectivity index (χ3v) is 5.51. The van der Waals surface area contributed by atoms with Crippen LogP contribution in [0.4, 0.5) is 0 Å². The number of nitrogens with zero attached hydrogens (tertiary/aromatic N) is 1. The molecule has 1 aromatic carbocycles. The largest absolute Gasteiger partial charge is 0.327 e. The summed E-state index contributed by atoms with van der Waals surface area (Å²) in [4.78, 5) is 0.0470. The van der Waals surface area contributed by atoms with E-state index in [2.05, 4.69) is 0 Å². The minimum atomic E-state index is -3.61. The van der Waals surface area contributed by atoms with Crippen molar-refractivity contribution in [3.63, 3.8) is 0 Å². The van der Waals surface area contributed by atoms with Crippen molar-refractivity contribution in [2.45, 2.75) is 23.8 Å². The second kappa shape index (κ2) is 6.61. The maximum absolute atomic E-state index is 12.4. The second-order valence-electron chi connectivity index (χ2n) is 4.34. The summed E-state index contributed by atoms with van der Waals surface area (Å²) in [5.74, 6) is 0. The van der Waals surface area contributed by atoms with Gasteiger partial charge < -0.3 is 5.73 Å². The molecule has 1 saturated heterocycles. The van der Waals surface area contributed by atoms with Crippen LogP contribution in [0, 0.1) is 0 Å². The highest BCUT2D eigenvalue weighted by molar-refractivity contribution is 7.89. The van der Waals surface area contributed by atoms with Gasteiger partial charge in [-0.1, -0.05) is 23.2 Å². The first-order valence-corrected chi connectivity index (χ1v) is 7.81. The summed E-state index contributed by atoms with van der Waals surface area (Å²) >= 11 is 11.8. The molecule has 4 nitrogen and oxygen atoms in total. The van der Waals surface area contributed by atoms with Crippen molar-refractivity contribution in [3.8, 4) is 0 Å². The molecule has 1 heterocycles. The minimum Gasteiger partial charge on any atom is -0.327 e. The number of piperidine rings is 1. The van der Waals surface area contributed by atoms with Crippen LogP contribution in [0.1, 0.15) is 12.8 Å². The molecule has 8 heteroatoms. The predicted octanol–water partition coefficient (Wildman–Crippen LogP) is 2.53. The van der Waals surface area contributed by atoms with Gasteiger partial charge in [0.1, 0.15) is 4.90 Å². The number of hydrogen-bond acceptors (Lipinski definition) is 3. The number of benzene rings is 1. The normalized spacial score (nSPS) is 20.9. The molecule has 1 atom stereocenters. The zero-order valence-corrected chi connectivity index (χ0v) is 13.2.